The molecule has 3 rings (SSSR count). The fourth-order valence-corrected chi connectivity index (χ4v) is 3.81. The van der Waals surface area contributed by atoms with Crippen molar-refractivity contribution in [2.45, 2.75) is 69.3 Å². The number of rotatable bonds is 6. The predicted octanol–water partition coefficient (Wildman–Crippen LogP) is 4.38. The Kier molecular flexibility index (Phi) is 5.14. The van der Waals surface area contributed by atoms with Crippen LogP contribution in [0.5, 0.6) is 5.75 Å². The van der Waals surface area contributed by atoms with Gasteiger partial charge in [-0.1, -0.05) is 44.2 Å². The third-order valence-electron chi connectivity index (χ3n) is 5.21. The van der Waals surface area contributed by atoms with E-state index in [0.717, 1.165) is 56.1 Å². The molecule has 0 atom stereocenters. The monoisotopic (exact) mass is 302 g/mol. The third-order valence-corrected chi connectivity index (χ3v) is 5.21. The Morgan fingerprint density at radius 3 is 2.59 bits per heavy atom. The first-order chi connectivity index (χ1) is 10.8. The van der Waals surface area contributed by atoms with Gasteiger partial charge in [0.1, 0.15) is 12.0 Å². The minimum absolute atomic E-state index is 0.302. The summed E-state index contributed by atoms with van der Waals surface area (Å²) < 4.78 is 11.5. The summed E-state index contributed by atoms with van der Waals surface area (Å²) in [7, 11) is 0. The Balaban J connectivity index is 1.62. The number of benzene rings is 1. The first-order valence-corrected chi connectivity index (χ1v) is 8.64. The van der Waals surface area contributed by atoms with Crippen molar-refractivity contribution in [2.75, 3.05) is 6.79 Å². The first-order valence-electron chi connectivity index (χ1n) is 8.64. The molecule has 2 aliphatic carbocycles. The standard InChI is InChI=1S/C19H26O3/c20-14-19(11-4-1-5-12-19)16-7-6-10-18(13-16)22-15-21-17-8-2-3-9-17/h6-7,10,13-14,17H,1-5,8-9,11-12,15H2. The lowest BCUT2D eigenvalue weighted by Gasteiger charge is -2.32. The van der Waals surface area contributed by atoms with Gasteiger partial charge < -0.3 is 14.3 Å². The van der Waals surface area contributed by atoms with Crippen molar-refractivity contribution in [1.82, 2.24) is 0 Å². The molecule has 3 heteroatoms. The van der Waals surface area contributed by atoms with Gasteiger partial charge in [0.15, 0.2) is 6.79 Å². The highest BCUT2D eigenvalue weighted by atomic mass is 16.7. The molecule has 1 aromatic carbocycles. The van der Waals surface area contributed by atoms with Gasteiger partial charge in [-0.15, -0.1) is 0 Å². The summed E-state index contributed by atoms with van der Waals surface area (Å²) >= 11 is 0. The van der Waals surface area contributed by atoms with Gasteiger partial charge in [0, 0.05) is 0 Å². The topological polar surface area (TPSA) is 35.5 Å². The average molecular weight is 302 g/mol. The van der Waals surface area contributed by atoms with E-state index in [1.165, 1.54) is 19.3 Å². The van der Waals surface area contributed by atoms with Crippen LogP contribution in [0.25, 0.3) is 0 Å². The third kappa shape index (κ3) is 3.52. The van der Waals surface area contributed by atoms with E-state index in [1.807, 2.05) is 18.2 Å². The van der Waals surface area contributed by atoms with E-state index in [2.05, 4.69) is 6.07 Å². The number of carbonyl (C=O) groups is 1. The minimum atomic E-state index is -0.302. The second-order valence-corrected chi connectivity index (χ2v) is 6.70. The summed E-state index contributed by atoms with van der Waals surface area (Å²) in [5, 5.41) is 0. The van der Waals surface area contributed by atoms with E-state index in [1.54, 1.807) is 0 Å². The SMILES string of the molecule is O=CC1(c2cccc(OCOC3CCCC3)c2)CCCCC1. The van der Waals surface area contributed by atoms with Gasteiger partial charge in [-0.05, 0) is 43.4 Å². The molecule has 22 heavy (non-hydrogen) atoms. The van der Waals surface area contributed by atoms with Crippen molar-refractivity contribution < 1.29 is 14.3 Å². The molecule has 0 N–H and O–H groups in total. The molecular formula is C19H26O3. The summed E-state index contributed by atoms with van der Waals surface area (Å²) in [5.41, 5.74) is 0.796. The van der Waals surface area contributed by atoms with E-state index in [-0.39, 0.29) is 5.41 Å². The largest absolute Gasteiger partial charge is 0.468 e. The van der Waals surface area contributed by atoms with Crippen LogP contribution < -0.4 is 4.74 Å². The molecule has 0 saturated heterocycles. The lowest BCUT2D eigenvalue weighted by molar-refractivity contribution is -0.113. The maximum atomic E-state index is 11.7. The van der Waals surface area contributed by atoms with Gasteiger partial charge in [0.25, 0.3) is 0 Å². The molecule has 3 nitrogen and oxygen atoms in total. The van der Waals surface area contributed by atoms with Crippen LogP contribution in [0.15, 0.2) is 24.3 Å². The van der Waals surface area contributed by atoms with Gasteiger partial charge in [0.2, 0.25) is 0 Å². The molecule has 0 unspecified atom stereocenters. The Morgan fingerprint density at radius 1 is 1.09 bits per heavy atom. The molecule has 0 bridgehead atoms. The van der Waals surface area contributed by atoms with Crippen LogP contribution in [0.3, 0.4) is 0 Å². The van der Waals surface area contributed by atoms with Crippen molar-refractivity contribution in [3.8, 4) is 5.75 Å². The molecule has 0 amide bonds. The van der Waals surface area contributed by atoms with Gasteiger partial charge in [0.05, 0.1) is 11.5 Å². The van der Waals surface area contributed by atoms with E-state index < -0.39 is 0 Å². The highest BCUT2D eigenvalue weighted by Gasteiger charge is 2.33. The molecule has 2 fully saturated rings. The van der Waals surface area contributed by atoms with Gasteiger partial charge in [-0.2, -0.15) is 0 Å². The Bertz CT molecular complexity index is 485. The first kappa shape index (κ1) is 15.5. The van der Waals surface area contributed by atoms with E-state index in [0.29, 0.717) is 12.9 Å². The Labute approximate surface area is 133 Å². The van der Waals surface area contributed by atoms with Crippen molar-refractivity contribution in [3.63, 3.8) is 0 Å². The number of ether oxygens (including phenoxy) is 2. The normalized spacial score (nSPS) is 21.6. The minimum Gasteiger partial charge on any atom is -0.468 e. The predicted molar refractivity (Wildman–Crippen MR) is 86.1 cm³/mol. The zero-order chi connectivity index (χ0) is 15.3. The molecule has 1 aromatic rings. The van der Waals surface area contributed by atoms with E-state index >= 15 is 0 Å². The van der Waals surface area contributed by atoms with Gasteiger partial charge in [-0.25, -0.2) is 0 Å². The fourth-order valence-electron chi connectivity index (χ4n) is 3.81. The Hall–Kier alpha value is -1.35. The molecule has 0 radical (unpaired) electrons. The van der Waals surface area contributed by atoms with E-state index in [9.17, 15) is 4.79 Å². The van der Waals surface area contributed by atoms with E-state index in [4.69, 9.17) is 9.47 Å². The van der Waals surface area contributed by atoms with Crippen molar-refractivity contribution >= 4 is 6.29 Å². The molecule has 0 aliphatic heterocycles. The van der Waals surface area contributed by atoms with Crippen LogP contribution in [0.1, 0.15) is 63.4 Å². The van der Waals surface area contributed by atoms with Gasteiger partial charge >= 0.3 is 0 Å². The summed E-state index contributed by atoms with van der Waals surface area (Å²) in [6.07, 6.45) is 11.8. The molecule has 2 aliphatic rings. The zero-order valence-electron chi connectivity index (χ0n) is 13.3. The molecule has 120 valence electrons. The van der Waals surface area contributed by atoms with Crippen LogP contribution in [0.2, 0.25) is 0 Å². The maximum absolute atomic E-state index is 11.7. The van der Waals surface area contributed by atoms with Crippen molar-refractivity contribution in [2.24, 2.45) is 0 Å². The highest BCUT2D eigenvalue weighted by molar-refractivity contribution is 5.69. The molecule has 2 saturated carbocycles. The molecular weight excluding hydrogens is 276 g/mol. The Morgan fingerprint density at radius 2 is 1.86 bits per heavy atom. The summed E-state index contributed by atoms with van der Waals surface area (Å²) in [4.78, 5) is 11.7. The van der Waals surface area contributed by atoms with Gasteiger partial charge in [-0.3, -0.25) is 0 Å². The lowest BCUT2D eigenvalue weighted by atomic mass is 9.70. The van der Waals surface area contributed by atoms with Crippen LogP contribution in [0, 0.1) is 0 Å². The molecule has 0 spiro atoms. The number of hydrogen-bond donors (Lipinski definition) is 0. The molecule has 0 aromatic heterocycles. The lowest BCUT2D eigenvalue weighted by Crippen LogP contribution is -2.30. The maximum Gasteiger partial charge on any atom is 0.189 e. The smallest absolute Gasteiger partial charge is 0.189 e. The molecule has 0 heterocycles. The quantitative estimate of drug-likeness (QED) is 0.578. The number of aldehydes is 1. The van der Waals surface area contributed by atoms with Crippen LogP contribution in [-0.4, -0.2) is 19.2 Å². The van der Waals surface area contributed by atoms with Crippen molar-refractivity contribution in [1.29, 1.82) is 0 Å². The van der Waals surface area contributed by atoms with Crippen LogP contribution in [0.4, 0.5) is 0 Å². The summed E-state index contributed by atoms with van der Waals surface area (Å²) in [6.45, 7) is 0.308. The highest BCUT2D eigenvalue weighted by Crippen LogP contribution is 2.38. The summed E-state index contributed by atoms with van der Waals surface area (Å²) in [5.74, 6) is 0.808. The number of carbonyl (C=O) groups excluding carboxylic acids is 1. The average Bonchev–Trinajstić information content (AvgIpc) is 3.09. The second kappa shape index (κ2) is 7.28. The zero-order valence-corrected chi connectivity index (χ0v) is 13.3. The van der Waals surface area contributed by atoms with Crippen LogP contribution in [-0.2, 0) is 14.9 Å². The van der Waals surface area contributed by atoms with Crippen LogP contribution >= 0.6 is 0 Å². The summed E-state index contributed by atoms with van der Waals surface area (Å²) in [6, 6.07) is 8.02. The van der Waals surface area contributed by atoms with Crippen molar-refractivity contribution in [3.05, 3.63) is 29.8 Å². The number of hydrogen-bond acceptors (Lipinski definition) is 3. The fraction of sp³-hybridized carbons (Fsp3) is 0.632. The second-order valence-electron chi connectivity index (χ2n) is 6.70.